The number of aliphatic hydroxyl groups is 1. The van der Waals surface area contributed by atoms with Crippen LogP contribution in [0.25, 0.3) is 0 Å². The van der Waals surface area contributed by atoms with Crippen molar-refractivity contribution in [3.8, 4) is 0 Å². The molecule has 1 fully saturated rings. The summed E-state index contributed by atoms with van der Waals surface area (Å²) in [5.74, 6) is 0. The number of aliphatic hydroxyl groups excluding tert-OH is 1. The molecule has 0 aliphatic carbocycles. The number of nitrogens with one attached hydrogen (secondary N) is 1. The monoisotopic (exact) mass is 226 g/mol. The van der Waals surface area contributed by atoms with E-state index in [1.165, 1.54) is 4.88 Å². The van der Waals surface area contributed by atoms with Crippen LogP contribution >= 0.6 is 11.3 Å². The van der Waals surface area contributed by atoms with Gasteiger partial charge in [0.15, 0.2) is 0 Å². The average molecular weight is 226 g/mol. The number of nitrogens with zero attached hydrogens (tertiary/aromatic N) is 1. The molecule has 1 unspecified atom stereocenters. The lowest BCUT2D eigenvalue weighted by Crippen LogP contribution is -2.45. The van der Waals surface area contributed by atoms with Crippen LogP contribution in [0.15, 0.2) is 17.5 Å². The Morgan fingerprint density at radius 1 is 1.47 bits per heavy atom. The van der Waals surface area contributed by atoms with E-state index in [2.05, 4.69) is 27.7 Å². The predicted octanol–water partition coefficient (Wildman–Crippen LogP) is 1.08. The first-order chi connectivity index (χ1) is 7.42. The second-order valence-corrected chi connectivity index (χ2v) is 4.81. The SMILES string of the molecule is OCCC(c1cccs1)N1CCNCC1. The third-order valence-electron chi connectivity index (χ3n) is 2.87. The fourth-order valence-corrected chi connectivity index (χ4v) is 3.00. The zero-order valence-electron chi connectivity index (χ0n) is 8.85. The molecule has 0 spiro atoms. The smallest absolute Gasteiger partial charge is 0.0464 e. The molecule has 0 aromatic carbocycles. The lowest BCUT2D eigenvalue weighted by Gasteiger charge is -2.34. The molecule has 1 aromatic rings. The van der Waals surface area contributed by atoms with E-state index >= 15 is 0 Å². The summed E-state index contributed by atoms with van der Waals surface area (Å²) in [5, 5.41) is 14.6. The van der Waals surface area contributed by atoms with Gasteiger partial charge in [0, 0.05) is 43.7 Å². The van der Waals surface area contributed by atoms with Crippen molar-refractivity contribution < 1.29 is 5.11 Å². The van der Waals surface area contributed by atoms with Crippen molar-refractivity contribution in [3.05, 3.63) is 22.4 Å². The molecule has 0 bridgehead atoms. The van der Waals surface area contributed by atoms with Gasteiger partial charge in [-0.05, 0) is 17.9 Å². The normalized spacial score (nSPS) is 20.3. The van der Waals surface area contributed by atoms with Crippen molar-refractivity contribution in [2.24, 2.45) is 0 Å². The standard InChI is InChI=1S/C11H18N2OS/c14-8-3-10(11-2-1-9-15-11)13-6-4-12-5-7-13/h1-2,9-10,12,14H,3-8H2. The van der Waals surface area contributed by atoms with Crippen molar-refractivity contribution in [2.45, 2.75) is 12.5 Å². The van der Waals surface area contributed by atoms with Gasteiger partial charge < -0.3 is 10.4 Å². The molecule has 1 aromatic heterocycles. The van der Waals surface area contributed by atoms with E-state index in [0.29, 0.717) is 6.04 Å². The zero-order chi connectivity index (χ0) is 10.5. The summed E-state index contributed by atoms with van der Waals surface area (Å²) in [6.45, 7) is 4.57. The van der Waals surface area contributed by atoms with Gasteiger partial charge in [0.2, 0.25) is 0 Å². The van der Waals surface area contributed by atoms with Gasteiger partial charge in [-0.15, -0.1) is 11.3 Å². The number of hydrogen-bond acceptors (Lipinski definition) is 4. The summed E-state index contributed by atoms with van der Waals surface area (Å²) < 4.78 is 0. The molecule has 2 N–H and O–H groups in total. The summed E-state index contributed by atoms with van der Waals surface area (Å²) in [6.07, 6.45) is 0.848. The van der Waals surface area contributed by atoms with Gasteiger partial charge in [-0.25, -0.2) is 0 Å². The van der Waals surface area contributed by atoms with Gasteiger partial charge in [-0.3, -0.25) is 4.90 Å². The van der Waals surface area contributed by atoms with Crippen LogP contribution in [0, 0.1) is 0 Å². The van der Waals surface area contributed by atoms with E-state index in [-0.39, 0.29) is 6.61 Å². The highest BCUT2D eigenvalue weighted by Gasteiger charge is 2.21. The maximum atomic E-state index is 9.13. The second-order valence-electron chi connectivity index (χ2n) is 3.83. The van der Waals surface area contributed by atoms with Crippen LogP contribution in [-0.2, 0) is 0 Å². The van der Waals surface area contributed by atoms with Crippen LogP contribution in [-0.4, -0.2) is 42.8 Å². The Morgan fingerprint density at radius 3 is 2.87 bits per heavy atom. The Morgan fingerprint density at radius 2 is 2.27 bits per heavy atom. The molecule has 84 valence electrons. The molecule has 1 aliphatic heterocycles. The van der Waals surface area contributed by atoms with E-state index < -0.39 is 0 Å². The van der Waals surface area contributed by atoms with Crippen LogP contribution in [0.3, 0.4) is 0 Å². The Kier molecular flexibility index (Phi) is 4.14. The second kappa shape index (κ2) is 5.61. The van der Waals surface area contributed by atoms with Gasteiger partial charge in [-0.2, -0.15) is 0 Å². The lowest BCUT2D eigenvalue weighted by atomic mass is 10.1. The minimum atomic E-state index is 0.270. The average Bonchev–Trinajstić information content (AvgIpc) is 2.80. The first-order valence-electron chi connectivity index (χ1n) is 5.51. The molecule has 1 atom stereocenters. The fraction of sp³-hybridized carbons (Fsp3) is 0.636. The van der Waals surface area contributed by atoms with E-state index in [0.717, 1.165) is 32.6 Å². The third kappa shape index (κ3) is 2.78. The van der Waals surface area contributed by atoms with Crippen molar-refractivity contribution >= 4 is 11.3 Å². The molecular formula is C11H18N2OS. The van der Waals surface area contributed by atoms with E-state index in [1.54, 1.807) is 11.3 Å². The quantitative estimate of drug-likeness (QED) is 0.806. The van der Waals surface area contributed by atoms with Crippen LogP contribution in [0.5, 0.6) is 0 Å². The van der Waals surface area contributed by atoms with Gasteiger partial charge in [0.25, 0.3) is 0 Å². The molecular weight excluding hydrogens is 208 g/mol. The topological polar surface area (TPSA) is 35.5 Å². The van der Waals surface area contributed by atoms with Gasteiger partial charge >= 0.3 is 0 Å². The van der Waals surface area contributed by atoms with Crippen LogP contribution in [0.2, 0.25) is 0 Å². The van der Waals surface area contributed by atoms with Crippen LogP contribution < -0.4 is 5.32 Å². The Labute approximate surface area is 94.7 Å². The highest BCUT2D eigenvalue weighted by molar-refractivity contribution is 7.10. The molecule has 0 radical (unpaired) electrons. The van der Waals surface area contributed by atoms with Crippen molar-refractivity contribution in [1.29, 1.82) is 0 Å². The minimum absolute atomic E-state index is 0.270. The molecule has 0 saturated carbocycles. The van der Waals surface area contributed by atoms with Crippen molar-refractivity contribution in [2.75, 3.05) is 32.8 Å². The largest absolute Gasteiger partial charge is 0.396 e. The predicted molar refractivity (Wildman–Crippen MR) is 63.2 cm³/mol. The summed E-state index contributed by atoms with van der Waals surface area (Å²) >= 11 is 1.79. The maximum Gasteiger partial charge on any atom is 0.0464 e. The van der Waals surface area contributed by atoms with Crippen molar-refractivity contribution in [3.63, 3.8) is 0 Å². The van der Waals surface area contributed by atoms with Crippen LogP contribution in [0.4, 0.5) is 0 Å². The van der Waals surface area contributed by atoms with E-state index in [1.807, 2.05) is 0 Å². The summed E-state index contributed by atoms with van der Waals surface area (Å²) in [4.78, 5) is 3.85. The molecule has 2 heterocycles. The number of hydrogen-bond donors (Lipinski definition) is 2. The lowest BCUT2D eigenvalue weighted by molar-refractivity contribution is 0.143. The van der Waals surface area contributed by atoms with E-state index in [4.69, 9.17) is 5.11 Å². The van der Waals surface area contributed by atoms with Gasteiger partial charge in [-0.1, -0.05) is 6.07 Å². The molecule has 2 rings (SSSR count). The molecule has 3 nitrogen and oxygen atoms in total. The first kappa shape index (κ1) is 11.1. The van der Waals surface area contributed by atoms with Gasteiger partial charge in [0.05, 0.1) is 0 Å². The number of piperazine rings is 1. The summed E-state index contributed by atoms with van der Waals surface area (Å²) in [5.41, 5.74) is 0. The molecule has 15 heavy (non-hydrogen) atoms. The Balaban J connectivity index is 2.04. The Bertz CT molecular complexity index is 270. The maximum absolute atomic E-state index is 9.13. The minimum Gasteiger partial charge on any atom is -0.396 e. The summed E-state index contributed by atoms with van der Waals surface area (Å²) in [7, 11) is 0. The molecule has 0 amide bonds. The molecule has 1 saturated heterocycles. The van der Waals surface area contributed by atoms with Crippen LogP contribution in [0.1, 0.15) is 17.3 Å². The Hall–Kier alpha value is -0.420. The highest BCUT2D eigenvalue weighted by atomic mass is 32.1. The molecule has 1 aliphatic rings. The number of rotatable bonds is 4. The third-order valence-corrected chi connectivity index (χ3v) is 3.84. The zero-order valence-corrected chi connectivity index (χ0v) is 9.67. The fourth-order valence-electron chi connectivity index (χ4n) is 2.10. The summed E-state index contributed by atoms with van der Waals surface area (Å²) in [6, 6.07) is 4.68. The van der Waals surface area contributed by atoms with Crippen molar-refractivity contribution in [1.82, 2.24) is 10.2 Å². The van der Waals surface area contributed by atoms with Gasteiger partial charge in [0.1, 0.15) is 0 Å². The first-order valence-corrected chi connectivity index (χ1v) is 6.39. The number of thiophene rings is 1. The molecule has 4 heteroatoms. The highest BCUT2D eigenvalue weighted by Crippen LogP contribution is 2.27. The van der Waals surface area contributed by atoms with E-state index in [9.17, 15) is 0 Å².